The second-order valence-electron chi connectivity index (χ2n) is 6.39. The number of ether oxygens (including phenoxy) is 3. The number of methoxy groups -OCH3 is 3. The van der Waals surface area contributed by atoms with Crippen molar-refractivity contribution in [3.63, 3.8) is 0 Å². The number of Topliss-reactive ketones (excluding diaryl/α,β-unsaturated/α-hetero) is 1. The molecule has 0 heterocycles. The van der Waals surface area contributed by atoms with E-state index in [4.69, 9.17) is 14.2 Å². The molecular weight excluding hydrogens is 384 g/mol. The summed E-state index contributed by atoms with van der Waals surface area (Å²) >= 11 is 1.64. The minimum atomic E-state index is -0.0242. The highest BCUT2D eigenvalue weighted by atomic mass is 32.2. The molecule has 3 rings (SSSR count). The minimum Gasteiger partial charge on any atom is -0.497 e. The van der Waals surface area contributed by atoms with Gasteiger partial charge in [-0.3, -0.25) is 4.79 Å². The maximum atomic E-state index is 12.9. The lowest BCUT2D eigenvalue weighted by molar-refractivity contribution is 0.0982. The number of hydrogen-bond donors (Lipinski definition) is 0. The molecule has 0 bridgehead atoms. The van der Waals surface area contributed by atoms with Crippen molar-refractivity contribution >= 4 is 17.5 Å². The van der Waals surface area contributed by atoms with Gasteiger partial charge in [-0.05, 0) is 48.0 Å². The summed E-state index contributed by atoms with van der Waals surface area (Å²) in [6.07, 6.45) is 0.384. The molecule has 0 aliphatic carbocycles. The average Bonchev–Trinajstić information content (AvgIpc) is 2.79. The lowest BCUT2D eigenvalue weighted by Gasteiger charge is -2.18. The molecule has 0 saturated heterocycles. The third-order valence-corrected chi connectivity index (χ3v) is 5.84. The topological polar surface area (TPSA) is 44.8 Å². The predicted molar refractivity (Wildman–Crippen MR) is 117 cm³/mol. The number of ketones is 1. The van der Waals surface area contributed by atoms with Crippen LogP contribution in [0.5, 0.6) is 17.2 Å². The Morgan fingerprint density at radius 2 is 1.52 bits per heavy atom. The summed E-state index contributed by atoms with van der Waals surface area (Å²) in [5.41, 5.74) is 1.79. The molecular formula is C24H24O4S. The van der Waals surface area contributed by atoms with Crippen LogP contribution in [-0.2, 0) is 0 Å². The van der Waals surface area contributed by atoms with E-state index in [9.17, 15) is 4.79 Å². The van der Waals surface area contributed by atoms with E-state index in [2.05, 4.69) is 12.1 Å². The second-order valence-corrected chi connectivity index (χ2v) is 7.67. The molecule has 1 atom stereocenters. The smallest absolute Gasteiger partial charge is 0.164 e. The van der Waals surface area contributed by atoms with Gasteiger partial charge in [0.05, 0.1) is 21.3 Å². The Hall–Kier alpha value is -2.92. The molecule has 0 aliphatic heterocycles. The van der Waals surface area contributed by atoms with E-state index in [1.54, 1.807) is 33.1 Å². The standard InChI is InChI=1S/C24H24O4S/c1-26-19-11-9-17(10-12-19)21(25)16-24(18-7-5-4-6-8-18)29-20-13-14-22(27-2)23(15-20)28-3/h4-15,24H,16H2,1-3H3/t24-/m0/s1. The fraction of sp³-hybridized carbons (Fsp3) is 0.208. The van der Waals surface area contributed by atoms with Gasteiger partial charge in [0.25, 0.3) is 0 Å². The summed E-state index contributed by atoms with van der Waals surface area (Å²) in [7, 11) is 4.85. The maximum absolute atomic E-state index is 12.9. The Balaban J connectivity index is 1.84. The molecule has 0 radical (unpaired) electrons. The third kappa shape index (κ3) is 5.33. The Labute approximate surface area is 175 Å². The first-order valence-corrected chi connectivity index (χ1v) is 10.1. The molecule has 3 aromatic carbocycles. The normalized spacial score (nSPS) is 11.6. The zero-order chi connectivity index (χ0) is 20.6. The van der Waals surface area contributed by atoms with Crippen molar-refractivity contribution < 1.29 is 19.0 Å². The fourth-order valence-corrected chi connectivity index (χ4v) is 4.19. The molecule has 0 aliphatic rings. The number of thioether (sulfide) groups is 1. The summed E-state index contributed by atoms with van der Waals surface area (Å²) in [6.45, 7) is 0. The fourth-order valence-electron chi connectivity index (χ4n) is 3.01. The lowest BCUT2D eigenvalue weighted by Crippen LogP contribution is -2.05. The van der Waals surface area contributed by atoms with Gasteiger partial charge in [-0.25, -0.2) is 0 Å². The van der Waals surface area contributed by atoms with Crippen LogP contribution in [0.4, 0.5) is 0 Å². The first-order valence-electron chi connectivity index (χ1n) is 9.25. The highest BCUT2D eigenvalue weighted by Gasteiger charge is 2.19. The van der Waals surface area contributed by atoms with Crippen LogP contribution in [0, 0.1) is 0 Å². The van der Waals surface area contributed by atoms with Crippen LogP contribution in [0.2, 0.25) is 0 Å². The zero-order valence-electron chi connectivity index (χ0n) is 16.8. The summed E-state index contributed by atoms with van der Waals surface area (Å²) < 4.78 is 15.9. The predicted octanol–water partition coefficient (Wildman–Crippen LogP) is 5.82. The minimum absolute atomic E-state index is 0.0242. The van der Waals surface area contributed by atoms with Gasteiger partial charge >= 0.3 is 0 Å². The van der Waals surface area contributed by atoms with Crippen molar-refractivity contribution in [2.45, 2.75) is 16.6 Å². The van der Waals surface area contributed by atoms with Gasteiger partial charge in [-0.2, -0.15) is 0 Å². The van der Waals surface area contributed by atoms with Gasteiger partial charge in [0.1, 0.15) is 5.75 Å². The van der Waals surface area contributed by atoms with Crippen molar-refractivity contribution in [1.82, 2.24) is 0 Å². The second kappa shape index (κ2) is 10.0. The largest absolute Gasteiger partial charge is 0.497 e. The molecule has 5 heteroatoms. The number of carbonyl (C=O) groups excluding carboxylic acids is 1. The highest BCUT2D eigenvalue weighted by Crippen LogP contribution is 2.41. The Kier molecular flexibility index (Phi) is 7.19. The van der Waals surface area contributed by atoms with Crippen molar-refractivity contribution in [3.05, 3.63) is 83.9 Å². The van der Waals surface area contributed by atoms with Crippen LogP contribution in [0.3, 0.4) is 0 Å². The van der Waals surface area contributed by atoms with E-state index < -0.39 is 0 Å². The SMILES string of the molecule is COc1ccc(C(=O)C[C@H](Sc2ccc(OC)c(OC)c2)c2ccccc2)cc1. The first-order chi connectivity index (χ1) is 14.1. The summed E-state index contributed by atoms with van der Waals surface area (Å²) in [4.78, 5) is 14.0. The molecule has 0 aromatic heterocycles. The van der Waals surface area contributed by atoms with Gasteiger partial charge in [0.15, 0.2) is 17.3 Å². The van der Waals surface area contributed by atoms with Gasteiger partial charge in [0, 0.05) is 22.1 Å². The quantitative estimate of drug-likeness (QED) is 0.330. The molecule has 3 aromatic rings. The van der Waals surface area contributed by atoms with E-state index in [1.165, 1.54) is 0 Å². The van der Waals surface area contributed by atoms with E-state index >= 15 is 0 Å². The molecule has 150 valence electrons. The van der Waals surface area contributed by atoms with Gasteiger partial charge in [-0.1, -0.05) is 30.3 Å². The van der Waals surface area contributed by atoms with Crippen LogP contribution in [0.15, 0.2) is 77.7 Å². The zero-order valence-corrected chi connectivity index (χ0v) is 17.6. The maximum Gasteiger partial charge on any atom is 0.164 e. The molecule has 29 heavy (non-hydrogen) atoms. The average molecular weight is 409 g/mol. The number of carbonyl (C=O) groups is 1. The molecule has 0 amide bonds. The first kappa shape index (κ1) is 20.8. The van der Waals surface area contributed by atoms with Gasteiger partial charge in [-0.15, -0.1) is 11.8 Å². The van der Waals surface area contributed by atoms with Crippen LogP contribution < -0.4 is 14.2 Å². The number of rotatable bonds is 9. The van der Waals surface area contributed by atoms with Crippen LogP contribution in [0.1, 0.15) is 27.6 Å². The number of benzene rings is 3. The molecule has 0 saturated carbocycles. The summed E-state index contributed by atoms with van der Waals surface area (Å²) in [6, 6.07) is 23.1. The lowest BCUT2D eigenvalue weighted by atomic mass is 10.0. The summed E-state index contributed by atoms with van der Waals surface area (Å²) in [5.74, 6) is 2.18. The molecule has 0 unspecified atom stereocenters. The van der Waals surface area contributed by atoms with Crippen molar-refractivity contribution in [2.24, 2.45) is 0 Å². The highest BCUT2D eigenvalue weighted by molar-refractivity contribution is 7.99. The Morgan fingerprint density at radius 1 is 0.828 bits per heavy atom. The molecule has 0 fully saturated rings. The van der Waals surface area contributed by atoms with E-state index in [0.29, 0.717) is 23.5 Å². The van der Waals surface area contributed by atoms with Crippen molar-refractivity contribution in [2.75, 3.05) is 21.3 Å². The van der Waals surface area contributed by atoms with E-state index in [0.717, 1.165) is 16.2 Å². The van der Waals surface area contributed by atoms with Crippen molar-refractivity contribution in [1.29, 1.82) is 0 Å². The summed E-state index contributed by atoms with van der Waals surface area (Å²) in [5, 5.41) is -0.0242. The Bertz CT molecular complexity index is 939. The monoisotopic (exact) mass is 408 g/mol. The Morgan fingerprint density at radius 3 is 2.14 bits per heavy atom. The van der Waals surface area contributed by atoms with Crippen LogP contribution >= 0.6 is 11.8 Å². The van der Waals surface area contributed by atoms with E-state index in [-0.39, 0.29) is 11.0 Å². The number of hydrogen-bond acceptors (Lipinski definition) is 5. The van der Waals surface area contributed by atoms with Gasteiger partial charge in [0.2, 0.25) is 0 Å². The van der Waals surface area contributed by atoms with Crippen molar-refractivity contribution in [3.8, 4) is 17.2 Å². The molecule has 4 nitrogen and oxygen atoms in total. The van der Waals surface area contributed by atoms with Gasteiger partial charge < -0.3 is 14.2 Å². The van der Waals surface area contributed by atoms with Crippen LogP contribution in [0.25, 0.3) is 0 Å². The van der Waals surface area contributed by atoms with Crippen LogP contribution in [-0.4, -0.2) is 27.1 Å². The third-order valence-electron chi connectivity index (χ3n) is 4.59. The molecule has 0 spiro atoms. The molecule has 0 N–H and O–H groups in total. The van der Waals surface area contributed by atoms with E-state index in [1.807, 2.05) is 60.7 Å².